The van der Waals surface area contributed by atoms with E-state index in [0.29, 0.717) is 12.2 Å². The summed E-state index contributed by atoms with van der Waals surface area (Å²) in [6.45, 7) is 2.26. The summed E-state index contributed by atoms with van der Waals surface area (Å²) in [4.78, 5) is 29.2. The van der Waals surface area contributed by atoms with Gasteiger partial charge in [-0.15, -0.1) is 0 Å². The molecule has 11 heteroatoms. The fourth-order valence-electron chi connectivity index (χ4n) is 2.37. The zero-order chi connectivity index (χ0) is 20.3. The predicted molar refractivity (Wildman–Crippen MR) is 100 cm³/mol. The van der Waals surface area contributed by atoms with Crippen LogP contribution in [0.25, 0.3) is 11.2 Å². The molecule has 0 aliphatic heterocycles. The highest BCUT2D eigenvalue weighted by Gasteiger charge is 2.17. The van der Waals surface area contributed by atoms with Gasteiger partial charge in [0, 0.05) is 26.0 Å². The van der Waals surface area contributed by atoms with Gasteiger partial charge in [0.2, 0.25) is 0 Å². The number of aryl methyl sites for hydroxylation is 1. The van der Waals surface area contributed by atoms with Gasteiger partial charge >= 0.3 is 12.1 Å². The summed E-state index contributed by atoms with van der Waals surface area (Å²) in [7, 11) is 3.16. The zero-order valence-electron chi connectivity index (χ0n) is 15.8. The number of ether oxygens (including phenoxy) is 2. The SMILES string of the molecule is Cc1ccc(Cn2c(O)nc3c(N)nc(OCCOC(=O)N(C)C)nc32)cn1. The molecule has 0 atom stereocenters. The molecule has 0 aliphatic carbocycles. The summed E-state index contributed by atoms with van der Waals surface area (Å²) in [5.74, 6) is 0.0707. The number of carbonyl (C=O) groups excluding carboxylic acids is 1. The smallest absolute Gasteiger partial charge is 0.409 e. The molecule has 3 rings (SSSR count). The van der Waals surface area contributed by atoms with Crippen molar-refractivity contribution in [3.63, 3.8) is 0 Å². The van der Waals surface area contributed by atoms with E-state index < -0.39 is 6.09 Å². The second-order valence-electron chi connectivity index (χ2n) is 6.23. The summed E-state index contributed by atoms with van der Waals surface area (Å²) < 4.78 is 11.9. The maximum Gasteiger partial charge on any atom is 0.409 e. The first-order valence-electron chi connectivity index (χ1n) is 8.46. The highest BCUT2D eigenvalue weighted by Crippen LogP contribution is 2.25. The summed E-state index contributed by atoms with van der Waals surface area (Å²) in [5, 5.41) is 10.2. The number of aromatic hydroxyl groups is 1. The Kier molecular flexibility index (Phi) is 5.43. The van der Waals surface area contributed by atoms with Crippen molar-refractivity contribution in [1.29, 1.82) is 0 Å². The Morgan fingerprint density at radius 1 is 1.25 bits per heavy atom. The second-order valence-corrected chi connectivity index (χ2v) is 6.23. The molecule has 0 aromatic carbocycles. The van der Waals surface area contributed by atoms with Crippen LogP contribution >= 0.6 is 0 Å². The van der Waals surface area contributed by atoms with E-state index in [1.807, 2.05) is 19.1 Å². The first-order chi connectivity index (χ1) is 13.3. The number of anilines is 1. The minimum absolute atomic E-state index is 0.00548. The quantitative estimate of drug-likeness (QED) is 0.591. The van der Waals surface area contributed by atoms with Gasteiger partial charge in [0.15, 0.2) is 17.0 Å². The van der Waals surface area contributed by atoms with E-state index >= 15 is 0 Å². The van der Waals surface area contributed by atoms with E-state index in [2.05, 4.69) is 19.9 Å². The van der Waals surface area contributed by atoms with Crippen LogP contribution in [-0.4, -0.2) is 67.9 Å². The van der Waals surface area contributed by atoms with Gasteiger partial charge in [0.25, 0.3) is 6.01 Å². The molecule has 28 heavy (non-hydrogen) atoms. The highest BCUT2D eigenvalue weighted by molar-refractivity contribution is 5.83. The van der Waals surface area contributed by atoms with Gasteiger partial charge in [-0.1, -0.05) is 6.07 Å². The summed E-state index contributed by atoms with van der Waals surface area (Å²) in [6, 6.07) is 3.52. The molecular formula is C17H21N7O4. The summed E-state index contributed by atoms with van der Waals surface area (Å²) in [5.41, 5.74) is 8.26. The molecule has 3 aromatic heterocycles. The average molecular weight is 387 g/mol. The number of nitrogen functional groups attached to an aromatic ring is 1. The topological polar surface area (TPSA) is 142 Å². The van der Waals surface area contributed by atoms with Crippen LogP contribution in [-0.2, 0) is 11.3 Å². The zero-order valence-corrected chi connectivity index (χ0v) is 15.8. The number of hydrogen-bond donors (Lipinski definition) is 2. The third kappa shape index (κ3) is 4.19. The molecule has 0 fully saturated rings. The Hall–Kier alpha value is -3.63. The number of aromatic nitrogens is 5. The van der Waals surface area contributed by atoms with Gasteiger partial charge in [-0.25, -0.2) is 4.79 Å². The molecule has 11 nitrogen and oxygen atoms in total. The van der Waals surface area contributed by atoms with Crippen molar-refractivity contribution in [2.75, 3.05) is 33.0 Å². The molecule has 0 unspecified atom stereocenters. The summed E-state index contributed by atoms with van der Waals surface area (Å²) in [6.07, 6.45) is 1.23. The van der Waals surface area contributed by atoms with Crippen molar-refractivity contribution in [2.24, 2.45) is 0 Å². The molecule has 0 saturated carbocycles. The molecule has 0 spiro atoms. The Morgan fingerprint density at radius 2 is 2.04 bits per heavy atom. The monoisotopic (exact) mass is 387 g/mol. The van der Waals surface area contributed by atoms with Crippen molar-refractivity contribution < 1.29 is 19.4 Å². The maximum atomic E-state index is 11.4. The van der Waals surface area contributed by atoms with Crippen molar-refractivity contribution in [2.45, 2.75) is 13.5 Å². The Labute approximate surface area is 160 Å². The van der Waals surface area contributed by atoms with E-state index in [4.69, 9.17) is 15.2 Å². The van der Waals surface area contributed by atoms with Gasteiger partial charge in [-0.2, -0.15) is 15.0 Å². The van der Waals surface area contributed by atoms with Crippen LogP contribution in [0.3, 0.4) is 0 Å². The lowest BCUT2D eigenvalue weighted by Gasteiger charge is -2.11. The molecule has 3 heterocycles. The van der Waals surface area contributed by atoms with Crippen LogP contribution in [0.2, 0.25) is 0 Å². The minimum Gasteiger partial charge on any atom is -0.480 e. The Balaban J connectivity index is 1.78. The largest absolute Gasteiger partial charge is 0.480 e. The van der Waals surface area contributed by atoms with Crippen molar-refractivity contribution in [3.8, 4) is 12.0 Å². The van der Waals surface area contributed by atoms with Crippen LogP contribution in [0.1, 0.15) is 11.3 Å². The Morgan fingerprint density at radius 3 is 2.71 bits per heavy atom. The van der Waals surface area contributed by atoms with Gasteiger partial charge in [0.1, 0.15) is 13.2 Å². The van der Waals surface area contributed by atoms with Gasteiger partial charge in [-0.3, -0.25) is 9.55 Å². The lowest BCUT2D eigenvalue weighted by Crippen LogP contribution is -2.24. The van der Waals surface area contributed by atoms with Crippen molar-refractivity contribution in [1.82, 2.24) is 29.4 Å². The number of hydrogen-bond acceptors (Lipinski definition) is 9. The highest BCUT2D eigenvalue weighted by atomic mass is 16.6. The fraction of sp³-hybridized carbons (Fsp3) is 0.353. The maximum absolute atomic E-state index is 11.4. The molecule has 0 aliphatic rings. The van der Waals surface area contributed by atoms with E-state index in [1.54, 1.807) is 20.3 Å². The van der Waals surface area contributed by atoms with E-state index in [0.717, 1.165) is 11.3 Å². The molecule has 3 aromatic rings. The number of imidazole rings is 1. The minimum atomic E-state index is -0.478. The number of carbonyl (C=O) groups is 1. The summed E-state index contributed by atoms with van der Waals surface area (Å²) >= 11 is 0. The van der Waals surface area contributed by atoms with E-state index in [-0.39, 0.29) is 36.6 Å². The van der Waals surface area contributed by atoms with Crippen LogP contribution in [0.5, 0.6) is 12.0 Å². The Bertz CT molecular complexity index is 985. The fourth-order valence-corrected chi connectivity index (χ4v) is 2.37. The average Bonchev–Trinajstić information content (AvgIpc) is 2.97. The van der Waals surface area contributed by atoms with Crippen LogP contribution in [0.4, 0.5) is 10.6 Å². The van der Waals surface area contributed by atoms with E-state index in [1.165, 1.54) is 9.47 Å². The van der Waals surface area contributed by atoms with Crippen LogP contribution in [0.15, 0.2) is 18.3 Å². The van der Waals surface area contributed by atoms with Crippen LogP contribution < -0.4 is 10.5 Å². The third-order valence-electron chi connectivity index (χ3n) is 3.80. The van der Waals surface area contributed by atoms with E-state index in [9.17, 15) is 9.90 Å². The normalized spacial score (nSPS) is 10.8. The third-order valence-corrected chi connectivity index (χ3v) is 3.80. The van der Waals surface area contributed by atoms with Gasteiger partial charge in [0.05, 0.1) is 6.54 Å². The lowest BCUT2D eigenvalue weighted by molar-refractivity contribution is 0.0996. The first-order valence-corrected chi connectivity index (χ1v) is 8.46. The number of nitrogens with zero attached hydrogens (tertiary/aromatic N) is 6. The first kappa shape index (κ1) is 19.1. The number of fused-ring (bicyclic) bond motifs is 1. The molecular weight excluding hydrogens is 366 g/mol. The molecule has 1 amide bonds. The number of nitrogens with two attached hydrogens (primary N) is 1. The second kappa shape index (κ2) is 7.94. The number of rotatable bonds is 6. The standard InChI is InChI=1S/C17H21N7O4/c1-10-4-5-11(8-19-10)9-24-14-12(20-16(24)25)13(18)21-15(22-14)27-6-7-28-17(26)23(2)3/h4-5,8H,6-7,9H2,1-3H3,(H,20,25)(H2,18,21,22). The number of amides is 1. The van der Waals surface area contributed by atoms with Gasteiger partial charge < -0.3 is 25.2 Å². The lowest BCUT2D eigenvalue weighted by atomic mass is 10.2. The molecule has 3 N–H and O–H groups in total. The van der Waals surface area contributed by atoms with Crippen LogP contribution in [0, 0.1) is 6.92 Å². The van der Waals surface area contributed by atoms with Gasteiger partial charge in [-0.05, 0) is 18.6 Å². The molecule has 0 saturated heterocycles. The van der Waals surface area contributed by atoms with Crippen molar-refractivity contribution >= 4 is 23.1 Å². The molecule has 0 radical (unpaired) electrons. The molecule has 148 valence electrons. The number of pyridine rings is 1. The molecule has 0 bridgehead atoms. The van der Waals surface area contributed by atoms with Crippen molar-refractivity contribution in [3.05, 3.63) is 29.6 Å². The predicted octanol–water partition coefficient (Wildman–Crippen LogP) is 0.943.